The van der Waals surface area contributed by atoms with Crippen LogP contribution in [0.5, 0.6) is 0 Å². The number of hydrogen-bond acceptors (Lipinski definition) is 1. The summed E-state index contributed by atoms with van der Waals surface area (Å²) >= 11 is 0. The molecule has 1 aromatic rings. The second-order valence-corrected chi connectivity index (χ2v) is 3.89. The monoisotopic (exact) mass is 232 g/mol. The van der Waals surface area contributed by atoms with E-state index >= 15 is 0 Å². The van der Waals surface area contributed by atoms with Crippen molar-refractivity contribution in [2.24, 2.45) is 0 Å². The van der Waals surface area contributed by atoms with E-state index in [1.165, 1.54) is 12.1 Å². The van der Waals surface area contributed by atoms with E-state index in [0.29, 0.717) is 0 Å². The van der Waals surface area contributed by atoms with E-state index in [1.54, 1.807) is 32.0 Å². The summed E-state index contributed by atoms with van der Waals surface area (Å²) in [7, 11) is 0. The van der Waals surface area contributed by atoms with Crippen LogP contribution in [0, 0.1) is 0 Å². The molecule has 16 heavy (non-hydrogen) atoms. The van der Waals surface area contributed by atoms with Crippen molar-refractivity contribution in [2.75, 3.05) is 6.61 Å². The van der Waals surface area contributed by atoms with Crippen LogP contribution in [0.15, 0.2) is 30.3 Å². The molecule has 0 aliphatic heterocycles. The first-order valence-corrected chi connectivity index (χ1v) is 5.14. The topological polar surface area (TPSA) is 9.23 Å². The van der Waals surface area contributed by atoms with Crippen LogP contribution in [0.1, 0.15) is 25.3 Å². The molecule has 1 atom stereocenters. The van der Waals surface area contributed by atoms with Gasteiger partial charge in [0.05, 0.1) is 12.7 Å². The summed E-state index contributed by atoms with van der Waals surface area (Å²) in [5.74, 6) is -1.55. The maximum Gasteiger partial charge on any atom is 0.397 e. The maximum atomic E-state index is 12.8. The van der Waals surface area contributed by atoms with Gasteiger partial charge in [0.15, 0.2) is 0 Å². The minimum atomic E-state index is -4.27. The minimum Gasteiger partial charge on any atom is -0.378 e. The van der Waals surface area contributed by atoms with Crippen molar-refractivity contribution in [3.05, 3.63) is 35.9 Å². The fourth-order valence-electron chi connectivity index (χ4n) is 1.35. The first-order chi connectivity index (χ1) is 7.41. The summed E-state index contributed by atoms with van der Waals surface area (Å²) in [6.45, 7) is 3.11. The van der Waals surface area contributed by atoms with E-state index < -0.39 is 12.1 Å². The van der Waals surface area contributed by atoms with Gasteiger partial charge < -0.3 is 4.74 Å². The maximum absolute atomic E-state index is 12.8. The van der Waals surface area contributed by atoms with Gasteiger partial charge in [0, 0.05) is 0 Å². The Bertz CT molecular complexity index is 306. The standard InChI is InChI=1S/C12H15F3O/c1-9(2)16-8-11(12(13,14)15)10-6-4-3-5-7-10/h3-7,9,11H,8H2,1-2H3. The highest BCUT2D eigenvalue weighted by Crippen LogP contribution is 2.35. The molecule has 0 fully saturated rings. The van der Waals surface area contributed by atoms with Gasteiger partial charge in [-0.1, -0.05) is 30.3 Å². The zero-order valence-electron chi connectivity index (χ0n) is 9.29. The molecule has 0 heterocycles. The van der Waals surface area contributed by atoms with Crippen LogP contribution < -0.4 is 0 Å². The van der Waals surface area contributed by atoms with Gasteiger partial charge in [-0.2, -0.15) is 13.2 Å². The Kier molecular flexibility index (Phi) is 4.35. The van der Waals surface area contributed by atoms with Crippen molar-refractivity contribution in [3.63, 3.8) is 0 Å². The molecule has 1 rings (SSSR count). The van der Waals surface area contributed by atoms with Gasteiger partial charge in [0.2, 0.25) is 0 Å². The van der Waals surface area contributed by atoms with Crippen LogP contribution in [-0.2, 0) is 4.74 Å². The second kappa shape index (κ2) is 5.34. The quantitative estimate of drug-likeness (QED) is 0.768. The summed E-state index contributed by atoms with van der Waals surface area (Å²) in [6, 6.07) is 7.84. The molecule has 0 saturated carbocycles. The van der Waals surface area contributed by atoms with Crippen molar-refractivity contribution >= 4 is 0 Å². The molecule has 0 spiro atoms. The van der Waals surface area contributed by atoms with Crippen LogP contribution in [0.25, 0.3) is 0 Å². The molecule has 90 valence electrons. The SMILES string of the molecule is CC(C)OCC(c1ccccc1)C(F)(F)F. The number of rotatable bonds is 4. The van der Waals surface area contributed by atoms with Gasteiger partial charge in [0.25, 0.3) is 0 Å². The van der Waals surface area contributed by atoms with E-state index in [2.05, 4.69) is 0 Å². The average molecular weight is 232 g/mol. The molecule has 0 N–H and O–H groups in total. The van der Waals surface area contributed by atoms with Crippen molar-refractivity contribution in [1.82, 2.24) is 0 Å². The second-order valence-electron chi connectivity index (χ2n) is 3.89. The van der Waals surface area contributed by atoms with Gasteiger partial charge >= 0.3 is 6.18 Å². The Balaban J connectivity index is 2.81. The molecule has 0 aliphatic carbocycles. The lowest BCUT2D eigenvalue weighted by molar-refractivity contribution is -0.165. The Morgan fingerprint density at radius 1 is 1.12 bits per heavy atom. The van der Waals surface area contributed by atoms with E-state index in [4.69, 9.17) is 4.74 Å². The number of ether oxygens (including phenoxy) is 1. The number of hydrogen-bond donors (Lipinski definition) is 0. The van der Waals surface area contributed by atoms with Gasteiger partial charge in [-0.3, -0.25) is 0 Å². The van der Waals surface area contributed by atoms with Crippen LogP contribution >= 0.6 is 0 Å². The molecule has 0 radical (unpaired) electrons. The smallest absolute Gasteiger partial charge is 0.378 e. The number of halogens is 3. The Hall–Kier alpha value is -1.03. The number of benzene rings is 1. The third-order valence-corrected chi connectivity index (χ3v) is 2.19. The Morgan fingerprint density at radius 2 is 1.69 bits per heavy atom. The molecule has 0 aromatic heterocycles. The highest BCUT2D eigenvalue weighted by atomic mass is 19.4. The molecular weight excluding hydrogens is 217 g/mol. The zero-order chi connectivity index (χ0) is 12.2. The first-order valence-electron chi connectivity index (χ1n) is 5.14. The minimum absolute atomic E-state index is 0.200. The third-order valence-electron chi connectivity index (χ3n) is 2.19. The molecule has 0 bridgehead atoms. The van der Waals surface area contributed by atoms with Crippen LogP contribution in [0.4, 0.5) is 13.2 Å². The summed E-state index contributed by atoms with van der Waals surface area (Å²) < 4.78 is 43.4. The van der Waals surface area contributed by atoms with Crippen LogP contribution in [0.2, 0.25) is 0 Å². The molecule has 1 unspecified atom stereocenters. The van der Waals surface area contributed by atoms with Gasteiger partial charge in [0.1, 0.15) is 5.92 Å². The summed E-state index contributed by atoms with van der Waals surface area (Å²) in [4.78, 5) is 0. The van der Waals surface area contributed by atoms with Gasteiger partial charge in [-0.15, -0.1) is 0 Å². The van der Waals surface area contributed by atoms with Gasteiger partial charge in [-0.05, 0) is 19.4 Å². The fourth-order valence-corrected chi connectivity index (χ4v) is 1.35. The van der Waals surface area contributed by atoms with E-state index in [1.807, 2.05) is 0 Å². The summed E-state index contributed by atoms with van der Waals surface area (Å²) in [5.41, 5.74) is 0.246. The third kappa shape index (κ3) is 3.85. The lowest BCUT2D eigenvalue weighted by atomic mass is 9.99. The fraction of sp³-hybridized carbons (Fsp3) is 0.500. The largest absolute Gasteiger partial charge is 0.397 e. The molecule has 0 amide bonds. The Morgan fingerprint density at radius 3 is 2.12 bits per heavy atom. The van der Waals surface area contributed by atoms with Crippen molar-refractivity contribution in [1.29, 1.82) is 0 Å². The first kappa shape index (κ1) is 13.0. The van der Waals surface area contributed by atoms with Crippen molar-refractivity contribution in [3.8, 4) is 0 Å². The predicted octanol–water partition coefficient (Wildman–Crippen LogP) is 3.76. The van der Waals surface area contributed by atoms with Crippen LogP contribution in [0.3, 0.4) is 0 Å². The number of alkyl halides is 3. The molecule has 0 aliphatic rings. The van der Waals surface area contributed by atoms with E-state index in [0.717, 1.165) is 0 Å². The summed E-state index contributed by atoms with van der Waals surface area (Å²) in [5, 5.41) is 0. The van der Waals surface area contributed by atoms with Crippen molar-refractivity contribution in [2.45, 2.75) is 32.0 Å². The molecule has 0 saturated heterocycles. The van der Waals surface area contributed by atoms with Gasteiger partial charge in [-0.25, -0.2) is 0 Å². The molecule has 1 nitrogen and oxygen atoms in total. The zero-order valence-corrected chi connectivity index (χ0v) is 9.29. The Labute approximate surface area is 93.2 Å². The van der Waals surface area contributed by atoms with Crippen LogP contribution in [-0.4, -0.2) is 18.9 Å². The lowest BCUT2D eigenvalue weighted by Crippen LogP contribution is -2.26. The highest BCUT2D eigenvalue weighted by molar-refractivity contribution is 5.21. The lowest BCUT2D eigenvalue weighted by Gasteiger charge is -2.21. The molecular formula is C12H15F3O. The molecule has 4 heteroatoms. The normalized spacial score (nSPS) is 14.1. The molecule has 1 aromatic carbocycles. The van der Waals surface area contributed by atoms with Crippen molar-refractivity contribution < 1.29 is 17.9 Å². The predicted molar refractivity (Wildman–Crippen MR) is 56.3 cm³/mol. The van der Waals surface area contributed by atoms with E-state index in [9.17, 15) is 13.2 Å². The average Bonchev–Trinajstić information content (AvgIpc) is 2.17. The highest BCUT2D eigenvalue weighted by Gasteiger charge is 2.40. The summed E-state index contributed by atoms with van der Waals surface area (Å²) in [6.07, 6.45) is -4.47. The van der Waals surface area contributed by atoms with E-state index in [-0.39, 0.29) is 18.3 Å².